The summed E-state index contributed by atoms with van der Waals surface area (Å²) in [5, 5.41) is 7.14. The van der Waals surface area contributed by atoms with Crippen molar-refractivity contribution in [1.82, 2.24) is 19.5 Å². The van der Waals surface area contributed by atoms with E-state index in [1.165, 1.54) is 5.38 Å². The zero-order valence-electron chi connectivity index (χ0n) is 19.3. The molecule has 1 aliphatic heterocycles. The first-order valence-electron chi connectivity index (χ1n) is 9.72. The van der Waals surface area contributed by atoms with Crippen LogP contribution < -0.4 is 15.9 Å². The maximum atomic E-state index is 12.9. The van der Waals surface area contributed by atoms with E-state index in [1.807, 2.05) is 0 Å². The van der Waals surface area contributed by atoms with Gasteiger partial charge in [-0.05, 0) is 20.8 Å². The molecule has 0 aromatic carbocycles. The van der Waals surface area contributed by atoms with E-state index >= 15 is 0 Å². The summed E-state index contributed by atoms with van der Waals surface area (Å²) in [4.78, 5) is 52.1. The minimum atomic E-state index is -5.07. The second-order valence-electron chi connectivity index (χ2n) is 8.17. The molecule has 36 heavy (non-hydrogen) atoms. The fourth-order valence-electron chi connectivity index (χ4n) is 2.68. The van der Waals surface area contributed by atoms with Crippen LogP contribution in [0.3, 0.4) is 0 Å². The van der Waals surface area contributed by atoms with Crippen molar-refractivity contribution in [3.63, 3.8) is 0 Å². The van der Waals surface area contributed by atoms with E-state index in [0.717, 1.165) is 17.6 Å². The Labute approximate surface area is 209 Å². The second kappa shape index (κ2) is 11.0. The van der Waals surface area contributed by atoms with Gasteiger partial charge in [-0.25, -0.2) is 22.5 Å². The fraction of sp³-hybridized carbons (Fsp3) is 0.562. The van der Waals surface area contributed by atoms with Gasteiger partial charge in [0.15, 0.2) is 10.8 Å². The van der Waals surface area contributed by atoms with Gasteiger partial charge in [-0.2, -0.15) is 8.42 Å². The Morgan fingerprint density at radius 1 is 1.31 bits per heavy atom. The molecule has 2 amide bonds. The molecule has 2 atom stereocenters. The van der Waals surface area contributed by atoms with Crippen molar-refractivity contribution in [3.8, 4) is 0 Å². The molecule has 1 fully saturated rings. The Kier molecular flexibility index (Phi) is 8.96. The summed E-state index contributed by atoms with van der Waals surface area (Å²) in [6.45, 7) is 3.43. The minimum Gasteiger partial charge on any atom is -0.457 e. The number of carbonyl (C=O) groups excluding carboxylic acids is 3. The van der Waals surface area contributed by atoms with Crippen LogP contribution in [0.1, 0.15) is 26.5 Å². The number of anilines is 1. The first-order valence-corrected chi connectivity index (χ1v) is 13.9. The van der Waals surface area contributed by atoms with Crippen LogP contribution in [0.25, 0.3) is 0 Å². The number of ether oxygens (including phenoxy) is 1. The molecule has 2 unspecified atom stereocenters. The number of esters is 1. The van der Waals surface area contributed by atoms with Crippen LogP contribution in [-0.4, -0.2) is 91.3 Å². The lowest BCUT2D eigenvalue weighted by Gasteiger charge is -2.43. The third-order valence-electron chi connectivity index (χ3n) is 3.91. The zero-order valence-corrected chi connectivity index (χ0v) is 21.8. The van der Waals surface area contributed by atoms with Crippen molar-refractivity contribution in [2.24, 2.45) is 5.16 Å². The van der Waals surface area contributed by atoms with Crippen LogP contribution in [0.4, 0.5) is 5.13 Å². The van der Waals surface area contributed by atoms with E-state index in [2.05, 4.69) is 20.3 Å². The van der Waals surface area contributed by atoms with Crippen molar-refractivity contribution in [2.75, 3.05) is 25.2 Å². The number of amides is 2. The predicted octanol–water partition coefficient (Wildman–Crippen LogP) is -2.23. The van der Waals surface area contributed by atoms with Gasteiger partial charge in [-0.3, -0.25) is 19.0 Å². The number of rotatable bonds is 11. The van der Waals surface area contributed by atoms with Crippen molar-refractivity contribution in [3.05, 3.63) is 11.1 Å². The van der Waals surface area contributed by atoms with Crippen molar-refractivity contribution < 1.29 is 50.2 Å². The van der Waals surface area contributed by atoms with E-state index in [1.54, 1.807) is 25.7 Å². The Bertz CT molecular complexity index is 1250. The number of aromatic nitrogens is 1. The smallest absolute Gasteiger partial charge is 0.362 e. The van der Waals surface area contributed by atoms with E-state index in [0.29, 0.717) is 0 Å². The number of hydrogen-bond acceptors (Lipinski definition) is 14. The molecule has 1 saturated heterocycles. The van der Waals surface area contributed by atoms with Crippen LogP contribution in [0.5, 0.6) is 0 Å². The second-order valence-corrected chi connectivity index (χ2v) is 12.1. The Morgan fingerprint density at radius 2 is 1.94 bits per heavy atom. The van der Waals surface area contributed by atoms with Crippen LogP contribution in [-0.2, 0) is 49.1 Å². The van der Waals surface area contributed by atoms with Crippen molar-refractivity contribution in [1.29, 1.82) is 0 Å². The number of oxime groups is 1. The number of nitrogen functional groups attached to an aromatic ring is 1. The third-order valence-corrected chi connectivity index (χ3v) is 5.95. The maximum absolute atomic E-state index is 12.9. The molecule has 0 saturated carbocycles. The summed E-state index contributed by atoms with van der Waals surface area (Å²) in [7, 11) is -8.92. The Hall–Kier alpha value is -2.91. The molecule has 1 aliphatic rings. The molecule has 0 spiro atoms. The van der Waals surface area contributed by atoms with E-state index < -0.39 is 74.7 Å². The monoisotopic (exact) mass is 572 g/mol. The first kappa shape index (κ1) is 29.3. The summed E-state index contributed by atoms with van der Waals surface area (Å²) >= 11 is 0.941. The van der Waals surface area contributed by atoms with Gasteiger partial charge in [0.2, 0.25) is 16.6 Å². The van der Waals surface area contributed by atoms with Crippen LogP contribution in [0.15, 0.2) is 10.5 Å². The van der Waals surface area contributed by atoms with E-state index in [4.69, 9.17) is 15.3 Å². The van der Waals surface area contributed by atoms with Gasteiger partial charge < -0.3 is 20.6 Å². The molecule has 5 N–H and O–H groups in total. The standard InChI is InChI=1S/C16H24N6O11S3/c1-16(2,3)33-10(23)6-31-20-11(8-7-34-15(17)18-8)13(24)19-12-9(5-32-21-35(4,26)27)22(14(12)25)36(28,29)30/h7,9,12,21H,5-6H2,1-4H3,(H2,17,18)(H,19,24)(H,28,29,30)/b20-11+. The SMILES string of the molecule is CC(C)(C)OC(=O)CO/N=C(/C(=O)NC1C(=O)N(S(=O)(=O)O)C1CONS(C)(=O)=O)c1csc(N)n1. The zero-order chi connectivity index (χ0) is 27.5. The number of thiazole rings is 1. The minimum absolute atomic E-state index is 0.00143. The molecule has 1 aromatic rings. The number of nitrogens with two attached hydrogens (primary N) is 1. The molecule has 0 radical (unpaired) electrons. The van der Waals surface area contributed by atoms with Gasteiger partial charge in [0.05, 0.1) is 12.9 Å². The van der Waals surface area contributed by atoms with Crippen LogP contribution >= 0.6 is 11.3 Å². The van der Waals surface area contributed by atoms with Gasteiger partial charge in [0.25, 0.3) is 11.8 Å². The van der Waals surface area contributed by atoms with Gasteiger partial charge in [-0.1, -0.05) is 10.0 Å². The molecule has 0 aliphatic carbocycles. The number of hydrogen-bond donors (Lipinski definition) is 4. The molecule has 17 nitrogen and oxygen atoms in total. The van der Waals surface area contributed by atoms with Gasteiger partial charge >= 0.3 is 16.3 Å². The first-order chi connectivity index (χ1) is 16.4. The predicted molar refractivity (Wildman–Crippen MR) is 123 cm³/mol. The van der Waals surface area contributed by atoms with Gasteiger partial charge in [0, 0.05) is 5.38 Å². The number of nitrogens with one attached hydrogen (secondary N) is 2. The molecule has 2 heterocycles. The summed E-state index contributed by atoms with van der Waals surface area (Å²) in [6, 6.07) is -3.12. The highest BCUT2D eigenvalue weighted by Crippen LogP contribution is 2.24. The summed E-state index contributed by atoms with van der Waals surface area (Å²) in [5.74, 6) is -3.14. The topological polar surface area (TPSA) is 246 Å². The normalized spacial score (nSPS) is 19.0. The summed E-state index contributed by atoms with van der Waals surface area (Å²) in [5.41, 5.74) is 4.15. The van der Waals surface area contributed by atoms with Crippen molar-refractivity contribution >= 4 is 60.3 Å². The summed E-state index contributed by atoms with van der Waals surface area (Å²) < 4.78 is 59.7. The molecule has 1 aromatic heterocycles. The van der Waals surface area contributed by atoms with Crippen LogP contribution in [0.2, 0.25) is 0 Å². The van der Waals surface area contributed by atoms with E-state index in [9.17, 15) is 35.8 Å². The lowest BCUT2D eigenvalue weighted by molar-refractivity contribution is -0.160. The molecule has 20 heteroatoms. The highest BCUT2D eigenvalue weighted by Gasteiger charge is 2.54. The number of carbonyl (C=O) groups is 3. The molecular formula is C16H24N6O11S3. The van der Waals surface area contributed by atoms with E-state index in [-0.39, 0.29) is 15.1 Å². The summed E-state index contributed by atoms with van der Waals surface area (Å²) in [6.07, 6.45) is 0.748. The highest BCUT2D eigenvalue weighted by molar-refractivity contribution is 7.88. The number of β-lactam (4-membered cyclic amide) rings is 1. The lowest BCUT2D eigenvalue weighted by Crippen LogP contribution is -2.73. The molecule has 0 bridgehead atoms. The van der Waals surface area contributed by atoms with Gasteiger partial charge in [0.1, 0.15) is 23.4 Å². The van der Waals surface area contributed by atoms with Crippen molar-refractivity contribution in [2.45, 2.75) is 38.5 Å². The number of nitrogens with zero attached hydrogens (tertiary/aromatic N) is 3. The molecular weight excluding hydrogens is 548 g/mol. The Morgan fingerprint density at radius 3 is 2.44 bits per heavy atom. The van der Waals surface area contributed by atoms with Gasteiger partial charge in [-0.15, -0.1) is 11.3 Å². The number of sulfonamides is 1. The highest BCUT2D eigenvalue weighted by atomic mass is 32.2. The quantitative estimate of drug-likeness (QED) is 0.0721. The third kappa shape index (κ3) is 8.34. The molecule has 202 valence electrons. The lowest BCUT2D eigenvalue weighted by atomic mass is 9.99. The average Bonchev–Trinajstić information content (AvgIpc) is 3.11. The van der Waals surface area contributed by atoms with Crippen LogP contribution in [0, 0.1) is 0 Å². The molecule has 2 rings (SSSR count). The average molecular weight is 573 g/mol. The fourth-order valence-corrected chi connectivity index (χ4v) is 4.38. The maximum Gasteiger partial charge on any atom is 0.362 e. The largest absolute Gasteiger partial charge is 0.457 e. The Balaban J connectivity index is 2.21.